The maximum atomic E-state index is 10.7. The average molecular weight is 278 g/mol. The van der Waals surface area contributed by atoms with Crippen molar-refractivity contribution in [1.82, 2.24) is 0 Å². The van der Waals surface area contributed by atoms with Crippen molar-refractivity contribution >= 4 is 5.97 Å². The Morgan fingerprint density at radius 1 is 1.21 bits per heavy atom. The van der Waals surface area contributed by atoms with Crippen LogP contribution in [0.1, 0.15) is 0 Å². The minimum atomic E-state index is -1.49. The number of aliphatic hydroxyl groups excluding tert-OH is 4. The summed E-state index contributed by atoms with van der Waals surface area (Å²) in [7, 11) is 0. The molecule has 0 aromatic heterocycles. The van der Waals surface area contributed by atoms with Gasteiger partial charge in [0.05, 0.1) is 13.2 Å². The summed E-state index contributed by atoms with van der Waals surface area (Å²) < 4.78 is 14.8. The molecule has 110 valence electrons. The van der Waals surface area contributed by atoms with Crippen molar-refractivity contribution in [3.8, 4) is 0 Å². The van der Waals surface area contributed by atoms with E-state index in [2.05, 4.69) is 11.3 Å². The number of carbonyl (C=O) groups is 1. The second-order valence-corrected chi connectivity index (χ2v) is 3.94. The van der Waals surface area contributed by atoms with Gasteiger partial charge in [0.15, 0.2) is 6.29 Å². The Bertz CT molecular complexity index is 305. The second-order valence-electron chi connectivity index (χ2n) is 3.94. The van der Waals surface area contributed by atoms with Gasteiger partial charge in [0.1, 0.15) is 31.0 Å². The summed E-state index contributed by atoms with van der Waals surface area (Å²) in [5.74, 6) is -0.614. The average Bonchev–Trinajstić information content (AvgIpc) is 2.42. The van der Waals surface area contributed by atoms with E-state index in [1.54, 1.807) is 0 Å². The van der Waals surface area contributed by atoms with Crippen LogP contribution in [0, 0.1) is 0 Å². The van der Waals surface area contributed by atoms with Crippen LogP contribution in [0.15, 0.2) is 12.7 Å². The smallest absolute Gasteiger partial charge is 0.330 e. The molecule has 0 amide bonds. The third-order valence-corrected chi connectivity index (χ3v) is 2.62. The van der Waals surface area contributed by atoms with Crippen molar-refractivity contribution in [2.24, 2.45) is 0 Å². The molecule has 1 rings (SSSR count). The molecule has 8 heteroatoms. The Hall–Kier alpha value is -1.03. The molecule has 1 aliphatic heterocycles. The van der Waals surface area contributed by atoms with Gasteiger partial charge in [-0.1, -0.05) is 6.58 Å². The van der Waals surface area contributed by atoms with E-state index < -0.39 is 43.3 Å². The van der Waals surface area contributed by atoms with Crippen LogP contribution in [-0.4, -0.2) is 76.9 Å². The lowest BCUT2D eigenvalue weighted by Gasteiger charge is -2.39. The highest BCUT2D eigenvalue weighted by Crippen LogP contribution is 2.21. The molecule has 8 nitrogen and oxygen atoms in total. The van der Waals surface area contributed by atoms with E-state index >= 15 is 0 Å². The van der Waals surface area contributed by atoms with Gasteiger partial charge in [-0.3, -0.25) is 0 Å². The van der Waals surface area contributed by atoms with Gasteiger partial charge in [-0.25, -0.2) is 4.79 Å². The highest BCUT2D eigenvalue weighted by molar-refractivity contribution is 5.81. The highest BCUT2D eigenvalue weighted by atomic mass is 16.7. The molecule has 0 radical (unpaired) electrons. The molecule has 19 heavy (non-hydrogen) atoms. The summed E-state index contributed by atoms with van der Waals surface area (Å²) in [5, 5.41) is 37.6. The van der Waals surface area contributed by atoms with Crippen molar-refractivity contribution in [2.45, 2.75) is 30.7 Å². The SMILES string of the molecule is C=CC(=O)OCCOC1OC(CO)C(O)C(O)C1O. The molecule has 0 aliphatic carbocycles. The molecule has 1 aliphatic rings. The van der Waals surface area contributed by atoms with Gasteiger partial charge < -0.3 is 34.6 Å². The van der Waals surface area contributed by atoms with Crippen LogP contribution >= 0.6 is 0 Å². The Kier molecular flexibility index (Phi) is 6.35. The quantitative estimate of drug-likeness (QED) is 0.239. The first-order valence-corrected chi connectivity index (χ1v) is 5.72. The van der Waals surface area contributed by atoms with Gasteiger partial charge in [0, 0.05) is 6.08 Å². The van der Waals surface area contributed by atoms with Crippen LogP contribution in [-0.2, 0) is 19.0 Å². The monoisotopic (exact) mass is 278 g/mol. The van der Waals surface area contributed by atoms with Crippen LogP contribution in [0.3, 0.4) is 0 Å². The summed E-state index contributed by atoms with van der Waals surface area (Å²) in [6.07, 6.45) is -5.65. The Labute approximate surface area is 109 Å². The summed E-state index contributed by atoms with van der Waals surface area (Å²) in [6, 6.07) is 0. The molecular formula is C11H18O8. The molecule has 1 heterocycles. The maximum absolute atomic E-state index is 10.7. The van der Waals surface area contributed by atoms with Crippen molar-refractivity contribution < 1.29 is 39.4 Å². The molecule has 0 aromatic rings. The van der Waals surface area contributed by atoms with Crippen LogP contribution in [0.2, 0.25) is 0 Å². The standard InChI is InChI=1S/C11H18O8/c1-2-7(13)17-3-4-18-11-10(16)9(15)8(14)6(5-12)19-11/h2,6,8-12,14-16H,1,3-5H2. The first kappa shape index (κ1) is 16.0. The lowest BCUT2D eigenvalue weighted by molar-refractivity contribution is -0.302. The van der Waals surface area contributed by atoms with Gasteiger partial charge in [-0.05, 0) is 0 Å². The zero-order chi connectivity index (χ0) is 14.4. The van der Waals surface area contributed by atoms with E-state index in [0.29, 0.717) is 0 Å². The number of ether oxygens (including phenoxy) is 3. The fourth-order valence-electron chi connectivity index (χ4n) is 1.57. The van der Waals surface area contributed by atoms with E-state index in [-0.39, 0.29) is 13.2 Å². The molecular weight excluding hydrogens is 260 g/mol. The topological polar surface area (TPSA) is 126 Å². The molecule has 0 aromatic carbocycles. The predicted molar refractivity (Wildman–Crippen MR) is 60.9 cm³/mol. The Balaban J connectivity index is 2.39. The Morgan fingerprint density at radius 2 is 1.89 bits per heavy atom. The van der Waals surface area contributed by atoms with Crippen molar-refractivity contribution in [2.75, 3.05) is 19.8 Å². The van der Waals surface area contributed by atoms with E-state index in [4.69, 9.17) is 14.6 Å². The number of hydrogen-bond acceptors (Lipinski definition) is 8. The summed E-state index contributed by atoms with van der Waals surface area (Å²) >= 11 is 0. The van der Waals surface area contributed by atoms with Crippen LogP contribution in [0.25, 0.3) is 0 Å². The first-order valence-electron chi connectivity index (χ1n) is 5.72. The van der Waals surface area contributed by atoms with Gasteiger partial charge >= 0.3 is 5.97 Å². The fourth-order valence-corrected chi connectivity index (χ4v) is 1.57. The van der Waals surface area contributed by atoms with Crippen molar-refractivity contribution in [1.29, 1.82) is 0 Å². The molecule has 5 atom stereocenters. The molecule has 4 N–H and O–H groups in total. The highest BCUT2D eigenvalue weighted by Gasteiger charge is 2.43. The predicted octanol–water partition coefficient (Wildman–Crippen LogP) is -2.47. The molecule has 0 bridgehead atoms. The zero-order valence-electron chi connectivity index (χ0n) is 10.2. The van der Waals surface area contributed by atoms with Crippen LogP contribution in [0.4, 0.5) is 0 Å². The minimum absolute atomic E-state index is 0.0811. The third kappa shape index (κ3) is 4.23. The third-order valence-electron chi connectivity index (χ3n) is 2.62. The van der Waals surface area contributed by atoms with E-state index in [9.17, 15) is 20.1 Å². The largest absolute Gasteiger partial charge is 0.460 e. The summed E-state index contributed by atoms with van der Waals surface area (Å²) in [4.78, 5) is 10.7. The van der Waals surface area contributed by atoms with Crippen molar-refractivity contribution in [3.63, 3.8) is 0 Å². The zero-order valence-corrected chi connectivity index (χ0v) is 10.2. The number of esters is 1. The summed E-state index contributed by atoms with van der Waals surface area (Å²) in [6.45, 7) is 2.52. The lowest BCUT2D eigenvalue weighted by atomic mass is 9.99. The van der Waals surface area contributed by atoms with Gasteiger partial charge in [0.2, 0.25) is 0 Å². The van der Waals surface area contributed by atoms with Gasteiger partial charge in [-0.15, -0.1) is 0 Å². The van der Waals surface area contributed by atoms with Crippen LogP contribution in [0.5, 0.6) is 0 Å². The van der Waals surface area contributed by atoms with E-state index in [0.717, 1.165) is 6.08 Å². The maximum Gasteiger partial charge on any atom is 0.330 e. The molecule has 5 unspecified atom stereocenters. The molecule has 1 saturated heterocycles. The van der Waals surface area contributed by atoms with Gasteiger partial charge in [0.25, 0.3) is 0 Å². The van der Waals surface area contributed by atoms with Crippen LogP contribution < -0.4 is 0 Å². The van der Waals surface area contributed by atoms with E-state index in [1.807, 2.05) is 0 Å². The normalized spacial score (nSPS) is 34.8. The van der Waals surface area contributed by atoms with Gasteiger partial charge in [-0.2, -0.15) is 0 Å². The number of aliphatic hydroxyl groups is 4. The molecule has 1 fully saturated rings. The van der Waals surface area contributed by atoms with E-state index in [1.165, 1.54) is 0 Å². The minimum Gasteiger partial charge on any atom is -0.460 e. The lowest BCUT2D eigenvalue weighted by Crippen LogP contribution is -2.59. The molecule has 0 saturated carbocycles. The number of carbonyl (C=O) groups excluding carboxylic acids is 1. The number of rotatable bonds is 6. The second kappa shape index (κ2) is 7.53. The summed E-state index contributed by atoms with van der Waals surface area (Å²) in [5.41, 5.74) is 0. The fraction of sp³-hybridized carbons (Fsp3) is 0.727. The van der Waals surface area contributed by atoms with Crippen molar-refractivity contribution in [3.05, 3.63) is 12.7 Å². The number of hydrogen-bond donors (Lipinski definition) is 4. The molecule has 0 spiro atoms. The Morgan fingerprint density at radius 3 is 2.47 bits per heavy atom. The first-order chi connectivity index (χ1) is 9.01.